The van der Waals surface area contributed by atoms with E-state index in [0.717, 1.165) is 46.1 Å². The Hall–Kier alpha value is -3.29. The number of nitrogens with zero attached hydrogens (tertiary/aromatic N) is 1. The first-order valence-electron chi connectivity index (χ1n) is 12.9. The second-order valence-electron chi connectivity index (χ2n) is 10.4. The molecule has 0 bridgehead atoms. The lowest BCUT2D eigenvalue weighted by atomic mass is 9.57. The smallest absolute Gasteiger partial charge is 0.251 e. The Morgan fingerprint density at radius 1 is 0.973 bits per heavy atom. The lowest BCUT2D eigenvalue weighted by molar-refractivity contribution is -0.137. The summed E-state index contributed by atoms with van der Waals surface area (Å²) in [4.78, 5) is 45.7. The monoisotopic (exact) mass is 555 g/mol. The number of ketones is 1. The third-order valence-electron chi connectivity index (χ3n) is 9.01. The summed E-state index contributed by atoms with van der Waals surface area (Å²) in [6.07, 6.45) is 2.37. The molecule has 4 unspecified atom stereocenters. The van der Waals surface area contributed by atoms with Gasteiger partial charge in [-0.25, -0.2) is 0 Å². The van der Waals surface area contributed by atoms with Crippen LogP contribution in [0.25, 0.3) is 0 Å². The molecular formula is C30H26BrN3O3. The van der Waals surface area contributed by atoms with Gasteiger partial charge in [0.15, 0.2) is 5.78 Å². The summed E-state index contributed by atoms with van der Waals surface area (Å²) in [5.74, 6) is -1.31. The zero-order chi connectivity index (χ0) is 25.5. The van der Waals surface area contributed by atoms with E-state index in [0.29, 0.717) is 17.8 Å². The molecule has 2 N–H and O–H groups in total. The van der Waals surface area contributed by atoms with E-state index in [1.165, 1.54) is 0 Å². The van der Waals surface area contributed by atoms with Crippen molar-refractivity contribution in [2.45, 2.75) is 43.2 Å². The average Bonchev–Trinajstić information content (AvgIpc) is 3.62. The fraction of sp³-hybridized carbons (Fsp3) is 0.300. The van der Waals surface area contributed by atoms with Crippen molar-refractivity contribution in [2.24, 2.45) is 5.92 Å². The van der Waals surface area contributed by atoms with Crippen LogP contribution < -0.4 is 10.6 Å². The molecule has 7 rings (SSSR count). The maximum atomic E-state index is 14.5. The third kappa shape index (κ3) is 2.61. The number of nitrogens with one attached hydrogen (secondary N) is 2. The number of halogens is 1. The molecule has 2 amide bonds. The largest absolute Gasteiger partial charge is 0.325 e. The van der Waals surface area contributed by atoms with Gasteiger partial charge in [0.05, 0.1) is 5.92 Å². The van der Waals surface area contributed by atoms with Crippen LogP contribution in [0.1, 0.15) is 46.8 Å². The summed E-state index contributed by atoms with van der Waals surface area (Å²) in [6, 6.07) is 20.6. The summed E-state index contributed by atoms with van der Waals surface area (Å²) in [5.41, 5.74) is 1.86. The van der Waals surface area contributed by atoms with Crippen LogP contribution in [-0.4, -0.2) is 35.1 Å². The Morgan fingerprint density at radius 2 is 1.73 bits per heavy atom. The minimum absolute atomic E-state index is 0.0963. The molecule has 6 nitrogen and oxygen atoms in total. The van der Waals surface area contributed by atoms with Crippen LogP contribution in [0.5, 0.6) is 0 Å². The zero-order valence-corrected chi connectivity index (χ0v) is 22.0. The molecule has 4 aliphatic rings. The van der Waals surface area contributed by atoms with Crippen LogP contribution in [0.3, 0.4) is 0 Å². The first-order chi connectivity index (χ1) is 18.0. The van der Waals surface area contributed by atoms with Crippen LogP contribution in [0.2, 0.25) is 0 Å². The minimum Gasteiger partial charge on any atom is -0.325 e. The van der Waals surface area contributed by atoms with E-state index < -0.39 is 16.9 Å². The van der Waals surface area contributed by atoms with E-state index in [-0.39, 0.29) is 23.6 Å². The van der Waals surface area contributed by atoms with Crippen LogP contribution in [0, 0.1) is 5.92 Å². The number of rotatable bonds is 3. The number of carbonyl (C=O) groups excluding carboxylic acids is 3. The van der Waals surface area contributed by atoms with Gasteiger partial charge >= 0.3 is 0 Å². The second kappa shape index (κ2) is 7.85. The Kier molecular flexibility index (Phi) is 4.86. The first-order valence-corrected chi connectivity index (χ1v) is 13.7. The molecule has 4 heterocycles. The number of hydrogen-bond donors (Lipinski definition) is 2. The van der Waals surface area contributed by atoms with Gasteiger partial charge in [-0.1, -0.05) is 71.4 Å². The molecule has 186 valence electrons. The van der Waals surface area contributed by atoms with Crippen LogP contribution in [0.4, 0.5) is 11.4 Å². The molecular weight excluding hydrogens is 530 g/mol. The van der Waals surface area contributed by atoms with E-state index in [1.54, 1.807) is 12.1 Å². The topological polar surface area (TPSA) is 78.5 Å². The number of aryl methyl sites for hydroxylation is 1. The predicted molar refractivity (Wildman–Crippen MR) is 145 cm³/mol. The number of Topliss-reactive ketones (excluding diaryl/α,β-unsaturated/α-hetero) is 1. The van der Waals surface area contributed by atoms with E-state index in [4.69, 9.17) is 0 Å². The molecule has 0 aliphatic carbocycles. The average molecular weight is 556 g/mol. The van der Waals surface area contributed by atoms with E-state index in [2.05, 4.69) is 38.4 Å². The number of para-hydroxylation sites is 2. The Labute approximate surface area is 223 Å². The number of benzene rings is 3. The van der Waals surface area contributed by atoms with Crippen LogP contribution >= 0.6 is 15.9 Å². The van der Waals surface area contributed by atoms with Gasteiger partial charge in [-0.3, -0.25) is 19.3 Å². The molecule has 7 heteroatoms. The van der Waals surface area contributed by atoms with Crippen molar-refractivity contribution in [3.05, 3.63) is 93.5 Å². The molecule has 4 aliphatic heterocycles. The number of anilines is 2. The maximum absolute atomic E-state index is 14.5. The normalized spacial score (nSPS) is 29.4. The third-order valence-corrected chi connectivity index (χ3v) is 9.54. The quantitative estimate of drug-likeness (QED) is 0.444. The summed E-state index contributed by atoms with van der Waals surface area (Å²) < 4.78 is 0.879. The fourth-order valence-corrected chi connectivity index (χ4v) is 8.02. The van der Waals surface area contributed by atoms with Crippen molar-refractivity contribution in [3.63, 3.8) is 0 Å². The molecule has 0 radical (unpaired) electrons. The molecule has 3 aromatic carbocycles. The standard InChI is InChI=1S/C30H26BrN3O3/c1-2-17-7-5-9-21-25(17)33-28(37)30(21)29(20-8-3-4-10-22(20)32-27(29)36)24(23-11-6-16-34(23)30)26(35)18-12-14-19(31)15-13-18/h3-5,7-10,12-15,23-24H,2,6,11,16H2,1H3,(H,32,36)(H,33,37). The highest BCUT2D eigenvalue weighted by Crippen LogP contribution is 2.68. The Balaban J connectivity index is 1.59. The highest BCUT2D eigenvalue weighted by atomic mass is 79.9. The lowest BCUT2D eigenvalue weighted by Gasteiger charge is -2.43. The number of amides is 2. The van der Waals surface area contributed by atoms with Crippen molar-refractivity contribution < 1.29 is 14.4 Å². The van der Waals surface area contributed by atoms with E-state index in [9.17, 15) is 14.4 Å². The highest BCUT2D eigenvalue weighted by Gasteiger charge is 2.81. The first kappa shape index (κ1) is 22.9. The SMILES string of the molecule is CCc1cccc2c1NC(=O)C21N2CCCC2C(C(=O)c2ccc(Br)cc2)C12C(=O)Nc1ccccc12. The number of hydrogen-bond acceptors (Lipinski definition) is 4. The lowest BCUT2D eigenvalue weighted by Crippen LogP contribution is -2.62. The zero-order valence-electron chi connectivity index (χ0n) is 20.4. The Morgan fingerprint density at radius 3 is 2.51 bits per heavy atom. The molecule has 2 fully saturated rings. The van der Waals surface area contributed by atoms with Crippen molar-refractivity contribution in [3.8, 4) is 0 Å². The molecule has 2 spiro atoms. The summed E-state index contributed by atoms with van der Waals surface area (Å²) >= 11 is 3.47. The fourth-order valence-electron chi connectivity index (χ4n) is 7.75. The van der Waals surface area contributed by atoms with E-state index >= 15 is 0 Å². The summed E-state index contributed by atoms with van der Waals surface area (Å²) in [7, 11) is 0. The maximum Gasteiger partial charge on any atom is 0.251 e. The van der Waals surface area contributed by atoms with Gasteiger partial charge in [0.25, 0.3) is 5.91 Å². The van der Waals surface area contributed by atoms with E-state index in [1.807, 2.05) is 54.6 Å². The van der Waals surface area contributed by atoms with Gasteiger partial charge in [0, 0.05) is 33.0 Å². The molecule has 2 saturated heterocycles. The minimum atomic E-state index is -1.40. The van der Waals surface area contributed by atoms with Gasteiger partial charge in [-0.05, 0) is 55.1 Å². The van der Waals surface area contributed by atoms with Crippen LogP contribution in [-0.2, 0) is 27.0 Å². The Bertz CT molecular complexity index is 1500. The van der Waals surface area contributed by atoms with Crippen molar-refractivity contribution in [2.75, 3.05) is 17.2 Å². The molecule has 3 aromatic rings. The predicted octanol–water partition coefficient (Wildman–Crippen LogP) is 5.03. The van der Waals surface area contributed by atoms with Gasteiger partial charge in [0.2, 0.25) is 5.91 Å². The van der Waals surface area contributed by atoms with Crippen molar-refractivity contribution in [1.29, 1.82) is 0 Å². The molecule has 0 aromatic heterocycles. The van der Waals surface area contributed by atoms with Crippen molar-refractivity contribution >= 4 is 44.9 Å². The molecule has 0 saturated carbocycles. The summed E-state index contributed by atoms with van der Waals surface area (Å²) in [6.45, 7) is 2.71. The van der Waals surface area contributed by atoms with Gasteiger partial charge in [-0.2, -0.15) is 0 Å². The number of fused-ring (bicyclic) bond motifs is 7. The summed E-state index contributed by atoms with van der Waals surface area (Å²) in [5, 5.41) is 6.28. The van der Waals surface area contributed by atoms with Gasteiger partial charge in [0.1, 0.15) is 11.0 Å². The van der Waals surface area contributed by atoms with Crippen molar-refractivity contribution in [1.82, 2.24) is 4.90 Å². The van der Waals surface area contributed by atoms with Gasteiger partial charge in [-0.15, -0.1) is 0 Å². The van der Waals surface area contributed by atoms with Crippen LogP contribution in [0.15, 0.2) is 71.2 Å². The van der Waals surface area contributed by atoms with Gasteiger partial charge < -0.3 is 10.6 Å². The second-order valence-corrected chi connectivity index (χ2v) is 11.3. The molecule has 37 heavy (non-hydrogen) atoms. The molecule has 4 atom stereocenters. The number of carbonyl (C=O) groups is 3. The highest BCUT2D eigenvalue weighted by molar-refractivity contribution is 9.10.